The van der Waals surface area contributed by atoms with Crippen LogP contribution in [-0.4, -0.2) is 23.5 Å². The highest BCUT2D eigenvalue weighted by molar-refractivity contribution is 7.17. The van der Waals surface area contributed by atoms with Gasteiger partial charge >= 0.3 is 5.97 Å². The number of ether oxygens (including phenoxy) is 1. The number of hydrogen-bond donors (Lipinski definition) is 0. The van der Waals surface area contributed by atoms with Gasteiger partial charge in [0.25, 0.3) is 0 Å². The molecule has 1 amide bonds. The third-order valence-corrected chi connectivity index (χ3v) is 4.70. The zero-order valence-corrected chi connectivity index (χ0v) is 15.9. The average Bonchev–Trinajstić information content (AvgIpc) is 2.94. The maximum Gasteiger partial charge on any atom is 0.350 e. The minimum Gasteiger partial charge on any atom is -0.462 e. The van der Waals surface area contributed by atoms with E-state index in [9.17, 15) is 9.59 Å². The zero-order valence-electron chi connectivity index (χ0n) is 15.1. The number of carbonyl (C=O) groups excluding carboxylic acids is 2. The summed E-state index contributed by atoms with van der Waals surface area (Å²) >= 11 is 1.21. The quantitative estimate of drug-likeness (QED) is 0.694. The van der Waals surface area contributed by atoms with Gasteiger partial charge in [0, 0.05) is 6.42 Å². The molecule has 0 aliphatic carbocycles. The molecule has 134 valence electrons. The van der Waals surface area contributed by atoms with E-state index in [0.29, 0.717) is 35.3 Å². The van der Waals surface area contributed by atoms with Crippen molar-refractivity contribution in [3.05, 3.63) is 46.5 Å². The molecule has 0 atom stereocenters. The molecule has 0 radical (unpaired) electrons. The van der Waals surface area contributed by atoms with E-state index in [4.69, 9.17) is 4.74 Å². The average molecular weight is 360 g/mol. The van der Waals surface area contributed by atoms with Crippen molar-refractivity contribution in [3.8, 4) is 0 Å². The first-order valence-electron chi connectivity index (χ1n) is 8.41. The molecule has 1 aromatic heterocycles. The Balaban J connectivity index is 2.33. The third-order valence-electron chi connectivity index (χ3n) is 3.54. The highest BCUT2D eigenvalue weighted by atomic mass is 32.1. The third kappa shape index (κ3) is 5.13. The van der Waals surface area contributed by atoms with Crippen LogP contribution in [-0.2, 0) is 16.1 Å². The van der Waals surface area contributed by atoms with Gasteiger partial charge in [-0.05, 0) is 25.3 Å². The van der Waals surface area contributed by atoms with Gasteiger partial charge in [-0.2, -0.15) is 0 Å². The number of esters is 1. The molecule has 0 bridgehead atoms. The summed E-state index contributed by atoms with van der Waals surface area (Å²) in [6.07, 6.45) is 0.431. The Bertz CT molecular complexity index is 726. The fourth-order valence-corrected chi connectivity index (χ4v) is 3.35. The minimum absolute atomic E-state index is 0.00279. The Labute approximate surface area is 152 Å². The molecule has 0 unspecified atom stereocenters. The molecule has 0 saturated carbocycles. The van der Waals surface area contributed by atoms with E-state index < -0.39 is 0 Å². The molecule has 6 heteroatoms. The van der Waals surface area contributed by atoms with Crippen LogP contribution in [0.25, 0.3) is 0 Å². The van der Waals surface area contributed by atoms with Crippen molar-refractivity contribution in [1.29, 1.82) is 0 Å². The molecule has 5 nitrogen and oxygen atoms in total. The molecular formula is C19H24N2O3S. The first-order chi connectivity index (χ1) is 11.9. The summed E-state index contributed by atoms with van der Waals surface area (Å²) in [5.41, 5.74) is 1.61. The topological polar surface area (TPSA) is 59.5 Å². The largest absolute Gasteiger partial charge is 0.462 e. The molecule has 0 aliphatic rings. The van der Waals surface area contributed by atoms with Crippen molar-refractivity contribution in [2.75, 3.05) is 11.5 Å². The van der Waals surface area contributed by atoms with Crippen molar-refractivity contribution in [2.45, 2.75) is 40.7 Å². The SMILES string of the molecule is CCOC(=O)c1sc(N(Cc2ccccc2)C(=O)CC(C)C)nc1C. The molecule has 2 rings (SSSR count). The Morgan fingerprint density at radius 2 is 1.92 bits per heavy atom. The van der Waals surface area contributed by atoms with Crippen LogP contribution >= 0.6 is 11.3 Å². The highest BCUT2D eigenvalue weighted by Gasteiger charge is 2.24. The van der Waals surface area contributed by atoms with Gasteiger partial charge in [0.05, 0.1) is 18.8 Å². The number of nitrogens with zero attached hydrogens (tertiary/aromatic N) is 2. The second-order valence-corrected chi connectivity index (χ2v) is 7.17. The standard InChI is InChI=1S/C19H24N2O3S/c1-5-24-18(23)17-14(4)20-19(25-17)21(16(22)11-13(2)3)12-15-9-7-6-8-10-15/h6-10,13H,5,11-12H2,1-4H3. The molecule has 1 aromatic carbocycles. The maximum absolute atomic E-state index is 12.8. The zero-order chi connectivity index (χ0) is 18.4. The van der Waals surface area contributed by atoms with Gasteiger partial charge in [0.15, 0.2) is 5.13 Å². The molecule has 0 spiro atoms. The van der Waals surface area contributed by atoms with Crippen molar-refractivity contribution in [3.63, 3.8) is 0 Å². The second kappa shape index (κ2) is 8.76. The van der Waals surface area contributed by atoms with Crippen molar-refractivity contribution in [2.24, 2.45) is 5.92 Å². The highest BCUT2D eigenvalue weighted by Crippen LogP contribution is 2.29. The molecule has 0 fully saturated rings. The summed E-state index contributed by atoms with van der Waals surface area (Å²) in [6.45, 7) is 8.29. The lowest BCUT2D eigenvalue weighted by molar-refractivity contribution is -0.119. The number of rotatable bonds is 7. The van der Waals surface area contributed by atoms with Crippen molar-refractivity contribution < 1.29 is 14.3 Å². The van der Waals surface area contributed by atoms with E-state index >= 15 is 0 Å². The van der Waals surface area contributed by atoms with Crippen LogP contribution in [0.4, 0.5) is 5.13 Å². The van der Waals surface area contributed by atoms with Crippen LogP contribution in [0.2, 0.25) is 0 Å². The molecular weight excluding hydrogens is 336 g/mol. The summed E-state index contributed by atoms with van der Waals surface area (Å²) < 4.78 is 5.07. The Morgan fingerprint density at radius 1 is 1.24 bits per heavy atom. The monoisotopic (exact) mass is 360 g/mol. The number of thiazole rings is 1. The van der Waals surface area contributed by atoms with Gasteiger partial charge in [-0.1, -0.05) is 55.5 Å². The molecule has 0 aliphatic heterocycles. The minimum atomic E-state index is -0.389. The number of benzene rings is 1. The fourth-order valence-electron chi connectivity index (χ4n) is 2.37. The second-order valence-electron chi connectivity index (χ2n) is 6.19. The molecule has 1 heterocycles. The summed E-state index contributed by atoms with van der Waals surface area (Å²) in [4.78, 5) is 31.4. The number of aryl methyl sites for hydroxylation is 1. The molecule has 0 saturated heterocycles. The van der Waals surface area contributed by atoms with E-state index in [1.54, 1.807) is 18.7 Å². The van der Waals surface area contributed by atoms with E-state index in [2.05, 4.69) is 4.98 Å². The van der Waals surface area contributed by atoms with Gasteiger partial charge in [-0.15, -0.1) is 0 Å². The van der Waals surface area contributed by atoms with Crippen LogP contribution in [0.15, 0.2) is 30.3 Å². The van der Waals surface area contributed by atoms with E-state index in [-0.39, 0.29) is 17.8 Å². The van der Waals surface area contributed by atoms with Gasteiger partial charge in [-0.25, -0.2) is 9.78 Å². The predicted molar refractivity (Wildman–Crippen MR) is 99.9 cm³/mol. The van der Waals surface area contributed by atoms with Crippen molar-refractivity contribution >= 4 is 28.3 Å². The Hall–Kier alpha value is -2.21. The lowest BCUT2D eigenvalue weighted by Gasteiger charge is -2.21. The molecule has 0 N–H and O–H groups in total. The first-order valence-corrected chi connectivity index (χ1v) is 9.22. The summed E-state index contributed by atoms with van der Waals surface area (Å²) in [5, 5.41) is 0.537. The normalized spacial score (nSPS) is 10.8. The van der Waals surface area contributed by atoms with Crippen LogP contribution < -0.4 is 4.90 Å². The molecule has 2 aromatic rings. The van der Waals surface area contributed by atoms with Gasteiger partial charge in [-0.3, -0.25) is 9.69 Å². The number of anilines is 1. The van der Waals surface area contributed by atoms with Crippen molar-refractivity contribution in [1.82, 2.24) is 4.98 Å². The fraction of sp³-hybridized carbons (Fsp3) is 0.421. The lowest BCUT2D eigenvalue weighted by Crippen LogP contribution is -2.31. The number of amides is 1. The summed E-state index contributed by atoms with van der Waals surface area (Å²) in [5.74, 6) is -0.140. The lowest BCUT2D eigenvalue weighted by atomic mass is 10.1. The number of aromatic nitrogens is 1. The Kier molecular flexibility index (Phi) is 6.70. The number of hydrogen-bond acceptors (Lipinski definition) is 5. The van der Waals surface area contributed by atoms with Crippen LogP contribution in [0.3, 0.4) is 0 Å². The van der Waals surface area contributed by atoms with Gasteiger partial charge in [0.1, 0.15) is 4.88 Å². The first kappa shape index (κ1) is 19.1. The summed E-state index contributed by atoms with van der Waals surface area (Å²) in [7, 11) is 0. The number of carbonyl (C=O) groups is 2. The van der Waals surface area contributed by atoms with Gasteiger partial charge < -0.3 is 4.74 Å². The molecule has 25 heavy (non-hydrogen) atoms. The van der Waals surface area contributed by atoms with E-state index in [1.807, 2.05) is 44.2 Å². The Morgan fingerprint density at radius 3 is 2.52 bits per heavy atom. The predicted octanol–water partition coefficient (Wildman–Crippen LogP) is 4.21. The van der Waals surface area contributed by atoms with Crippen LogP contribution in [0, 0.1) is 12.8 Å². The maximum atomic E-state index is 12.8. The summed E-state index contributed by atoms with van der Waals surface area (Å²) in [6, 6.07) is 9.77. The van der Waals surface area contributed by atoms with Crippen LogP contribution in [0.1, 0.15) is 48.1 Å². The smallest absolute Gasteiger partial charge is 0.350 e. The van der Waals surface area contributed by atoms with Gasteiger partial charge in [0.2, 0.25) is 5.91 Å². The van der Waals surface area contributed by atoms with Crippen LogP contribution in [0.5, 0.6) is 0 Å². The van der Waals surface area contributed by atoms with E-state index in [0.717, 1.165) is 5.56 Å². The van der Waals surface area contributed by atoms with E-state index in [1.165, 1.54) is 11.3 Å².